The third-order valence-corrected chi connectivity index (χ3v) is 4.76. The van der Waals surface area contributed by atoms with Crippen molar-refractivity contribution in [3.05, 3.63) is 58.6 Å². The van der Waals surface area contributed by atoms with Crippen molar-refractivity contribution < 1.29 is 18.1 Å². The molecule has 0 saturated heterocycles. The van der Waals surface area contributed by atoms with E-state index in [1.54, 1.807) is 19.2 Å². The van der Waals surface area contributed by atoms with Crippen LogP contribution in [0.5, 0.6) is 0 Å². The van der Waals surface area contributed by atoms with Gasteiger partial charge in [0, 0.05) is 31.4 Å². The van der Waals surface area contributed by atoms with Gasteiger partial charge in [-0.05, 0) is 30.3 Å². The molecule has 0 saturated carbocycles. The molecule has 2 aromatic carbocycles. The minimum Gasteiger partial charge on any atom is -0.316 e. The van der Waals surface area contributed by atoms with Gasteiger partial charge >= 0.3 is 0 Å². The Morgan fingerprint density at radius 3 is 2.25 bits per heavy atom. The number of anilines is 2. The van der Waals surface area contributed by atoms with Crippen molar-refractivity contribution in [3.8, 4) is 0 Å². The first-order valence-electron chi connectivity index (χ1n) is 6.83. The summed E-state index contributed by atoms with van der Waals surface area (Å²) in [5, 5.41) is 11.0. The number of sulfonamides is 1. The van der Waals surface area contributed by atoms with Crippen molar-refractivity contribution >= 4 is 33.0 Å². The third kappa shape index (κ3) is 3.69. The summed E-state index contributed by atoms with van der Waals surface area (Å²) in [6.45, 7) is 1.41. The Bertz CT molecular complexity index is 878. The molecule has 0 fully saturated rings. The van der Waals surface area contributed by atoms with Crippen LogP contribution in [0.4, 0.5) is 17.1 Å². The zero-order chi connectivity index (χ0) is 17.9. The maximum atomic E-state index is 12.4. The van der Waals surface area contributed by atoms with Crippen LogP contribution in [-0.2, 0) is 14.8 Å². The second kappa shape index (κ2) is 6.67. The fraction of sp³-hybridized carbons (Fsp3) is 0.133. The maximum absolute atomic E-state index is 12.4. The lowest BCUT2D eigenvalue weighted by Gasteiger charge is -2.15. The van der Waals surface area contributed by atoms with Gasteiger partial charge in [0.15, 0.2) is 4.90 Å². The number of rotatable bonds is 5. The topological polar surface area (TPSA) is 110 Å². The Kier molecular flexibility index (Phi) is 4.84. The lowest BCUT2D eigenvalue weighted by molar-refractivity contribution is -0.387. The minimum atomic E-state index is -4.11. The second-order valence-corrected chi connectivity index (χ2v) is 6.61. The molecule has 0 radical (unpaired) electrons. The lowest BCUT2D eigenvalue weighted by Crippen LogP contribution is -2.22. The van der Waals surface area contributed by atoms with Crippen LogP contribution in [0.2, 0.25) is 0 Å². The Hall–Kier alpha value is -2.94. The summed E-state index contributed by atoms with van der Waals surface area (Å²) in [5.74, 6) is -0.164. The fourth-order valence-corrected chi connectivity index (χ4v) is 3.21. The number of hydrogen-bond donors (Lipinski definition) is 1. The van der Waals surface area contributed by atoms with E-state index in [-0.39, 0.29) is 11.6 Å². The van der Waals surface area contributed by atoms with Gasteiger partial charge in [-0.3, -0.25) is 19.6 Å². The van der Waals surface area contributed by atoms with E-state index in [9.17, 15) is 23.3 Å². The predicted octanol–water partition coefficient (Wildman–Crippen LogP) is 2.38. The Morgan fingerprint density at radius 2 is 1.71 bits per heavy atom. The summed E-state index contributed by atoms with van der Waals surface area (Å²) >= 11 is 0. The molecule has 126 valence electrons. The molecule has 0 aliphatic heterocycles. The second-order valence-electron chi connectivity index (χ2n) is 4.96. The molecule has 2 aromatic rings. The molecule has 0 bridgehead atoms. The van der Waals surface area contributed by atoms with Crippen LogP contribution >= 0.6 is 0 Å². The number of nitro benzene ring substituents is 1. The number of nitrogens with one attached hydrogen (secondary N) is 1. The van der Waals surface area contributed by atoms with Gasteiger partial charge in [-0.2, -0.15) is 0 Å². The highest BCUT2D eigenvalue weighted by Crippen LogP contribution is 2.26. The standard InChI is InChI=1S/C15H15N3O5S/c1-11(19)17(2)13-9-7-12(8-10-13)16-24(22,23)15-6-4-3-5-14(15)18(20)21/h3-10,16H,1-2H3. The van der Waals surface area contributed by atoms with E-state index in [4.69, 9.17) is 0 Å². The molecule has 1 amide bonds. The highest BCUT2D eigenvalue weighted by Gasteiger charge is 2.25. The van der Waals surface area contributed by atoms with E-state index in [0.29, 0.717) is 5.69 Å². The number of benzene rings is 2. The minimum absolute atomic E-state index is 0.164. The molecule has 8 nitrogen and oxygen atoms in total. The molecule has 0 atom stereocenters. The smallest absolute Gasteiger partial charge is 0.289 e. The van der Waals surface area contributed by atoms with Crippen molar-refractivity contribution in [2.45, 2.75) is 11.8 Å². The Labute approximate surface area is 138 Å². The van der Waals surface area contributed by atoms with Crippen molar-refractivity contribution in [1.82, 2.24) is 0 Å². The molecule has 0 aliphatic rings. The number of hydrogen-bond acceptors (Lipinski definition) is 5. The van der Waals surface area contributed by atoms with E-state index in [1.165, 1.54) is 42.2 Å². The van der Waals surface area contributed by atoms with Gasteiger partial charge < -0.3 is 4.90 Å². The van der Waals surface area contributed by atoms with Crippen LogP contribution in [0.15, 0.2) is 53.4 Å². The normalized spacial score (nSPS) is 10.9. The zero-order valence-electron chi connectivity index (χ0n) is 13.0. The Balaban J connectivity index is 2.30. The highest BCUT2D eigenvalue weighted by atomic mass is 32.2. The molecular weight excluding hydrogens is 334 g/mol. The number of carbonyl (C=O) groups excluding carboxylic acids is 1. The van der Waals surface area contributed by atoms with Crippen molar-refractivity contribution in [3.63, 3.8) is 0 Å². The average molecular weight is 349 g/mol. The van der Waals surface area contributed by atoms with E-state index in [2.05, 4.69) is 4.72 Å². The van der Waals surface area contributed by atoms with Gasteiger partial charge in [-0.25, -0.2) is 8.42 Å². The number of para-hydroxylation sites is 1. The summed E-state index contributed by atoms with van der Waals surface area (Å²) < 4.78 is 27.0. The van der Waals surface area contributed by atoms with Gasteiger partial charge in [0.1, 0.15) is 0 Å². The van der Waals surface area contributed by atoms with Gasteiger partial charge in [0.2, 0.25) is 5.91 Å². The average Bonchev–Trinajstić information content (AvgIpc) is 2.54. The van der Waals surface area contributed by atoms with E-state index in [0.717, 1.165) is 6.07 Å². The molecular formula is C15H15N3O5S. The molecule has 24 heavy (non-hydrogen) atoms. The van der Waals surface area contributed by atoms with Crippen molar-refractivity contribution in [2.24, 2.45) is 0 Å². The van der Waals surface area contributed by atoms with Crippen molar-refractivity contribution in [1.29, 1.82) is 0 Å². The molecule has 0 aliphatic carbocycles. The van der Waals surface area contributed by atoms with Gasteiger partial charge in [-0.1, -0.05) is 12.1 Å². The van der Waals surface area contributed by atoms with Gasteiger partial charge in [-0.15, -0.1) is 0 Å². The zero-order valence-corrected chi connectivity index (χ0v) is 13.8. The fourth-order valence-electron chi connectivity index (χ4n) is 1.98. The van der Waals surface area contributed by atoms with Crippen LogP contribution in [-0.4, -0.2) is 26.3 Å². The first-order chi connectivity index (χ1) is 11.2. The maximum Gasteiger partial charge on any atom is 0.289 e. The van der Waals surface area contributed by atoms with Crippen molar-refractivity contribution in [2.75, 3.05) is 16.7 Å². The quantitative estimate of drug-likeness (QED) is 0.658. The Morgan fingerprint density at radius 1 is 1.12 bits per heavy atom. The molecule has 0 unspecified atom stereocenters. The van der Waals surface area contributed by atoms with Crippen LogP contribution in [0, 0.1) is 10.1 Å². The highest BCUT2D eigenvalue weighted by molar-refractivity contribution is 7.92. The van der Waals surface area contributed by atoms with E-state index >= 15 is 0 Å². The predicted molar refractivity (Wildman–Crippen MR) is 89.4 cm³/mol. The number of carbonyl (C=O) groups is 1. The molecule has 0 aromatic heterocycles. The number of nitrogens with zero attached hydrogens (tertiary/aromatic N) is 2. The molecule has 0 spiro atoms. The monoisotopic (exact) mass is 349 g/mol. The van der Waals surface area contributed by atoms with Crippen LogP contribution in [0.3, 0.4) is 0 Å². The third-order valence-electron chi connectivity index (χ3n) is 3.33. The van der Waals surface area contributed by atoms with Gasteiger partial charge in [0.05, 0.1) is 4.92 Å². The lowest BCUT2D eigenvalue weighted by atomic mass is 10.2. The summed E-state index contributed by atoms with van der Waals surface area (Å²) in [6.07, 6.45) is 0. The van der Waals surface area contributed by atoms with Crippen LogP contribution < -0.4 is 9.62 Å². The summed E-state index contributed by atoms with van der Waals surface area (Å²) in [7, 11) is -2.52. The first kappa shape index (κ1) is 17.4. The van der Waals surface area contributed by atoms with E-state index in [1.807, 2.05) is 0 Å². The largest absolute Gasteiger partial charge is 0.316 e. The summed E-state index contributed by atoms with van der Waals surface area (Å²) in [6, 6.07) is 11.2. The molecule has 1 N–H and O–H groups in total. The molecule has 0 heterocycles. The van der Waals surface area contributed by atoms with E-state index < -0.39 is 25.5 Å². The van der Waals surface area contributed by atoms with Crippen LogP contribution in [0.25, 0.3) is 0 Å². The van der Waals surface area contributed by atoms with Gasteiger partial charge in [0.25, 0.3) is 15.7 Å². The van der Waals surface area contributed by atoms with Crippen LogP contribution in [0.1, 0.15) is 6.92 Å². The SMILES string of the molecule is CC(=O)N(C)c1ccc(NS(=O)(=O)c2ccccc2[N+](=O)[O-])cc1. The molecule has 9 heteroatoms. The summed E-state index contributed by atoms with van der Waals surface area (Å²) in [5.41, 5.74) is 0.322. The number of amides is 1. The number of nitro groups is 1. The summed E-state index contributed by atoms with van der Waals surface area (Å²) in [4.78, 5) is 22.5. The molecule has 2 rings (SSSR count). The first-order valence-corrected chi connectivity index (χ1v) is 8.31.